The number of hydrogen-bond donors (Lipinski definition) is 2. The van der Waals surface area contributed by atoms with Crippen LogP contribution in [0.15, 0.2) is 0 Å². The maximum atomic E-state index is 10.1. The Morgan fingerprint density at radius 2 is 1.78 bits per heavy atom. The van der Waals surface area contributed by atoms with Gasteiger partial charge in [-0.2, -0.15) is 0 Å². The lowest BCUT2D eigenvalue weighted by atomic mass is 9.94. The number of aliphatic hydroxyl groups is 1. The fourth-order valence-electron chi connectivity index (χ4n) is 2.35. The van der Waals surface area contributed by atoms with Crippen LogP contribution in [0.3, 0.4) is 0 Å². The first kappa shape index (κ1) is 17.9. The van der Waals surface area contributed by atoms with Crippen molar-refractivity contribution in [1.82, 2.24) is 4.90 Å². The second-order valence-electron chi connectivity index (χ2n) is 5.46. The van der Waals surface area contributed by atoms with Gasteiger partial charge in [0.2, 0.25) is 0 Å². The molecule has 3 heteroatoms. The zero-order chi connectivity index (χ0) is 14.0. The molecule has 0 fully saturated rings. The van der Waals surface area contributed by atoms with Crippen molar-refractivity contribution in [3.63, 3.8) is 0 Å². The topological polar surface area (TPSA) is 49.5 Å². The van der Waals surface area contributed by atoms with Crippen LogP contribution >= 0.6 is 0 Å². The van der Waals surface area contributed by atoms with E-state index in [9.17, 15) is 5.11 Å². The minimum Gasteiger partial charge on any atom is -0.389 e. The Morgan fingerprint density at radius 3 is 2.17 bits per heavy atom. The van der Waals surface area contributed by atoms with Gasteiger partial charge in [-0.05, 0) is 38.3 Å². The van der Waals surface area contributed by atoms with Gasteiger partial charge >= 0.3 is 0 Å². The molecule has 3 nitrogen and oxygen atoms in total. The standard InChI is InChI=1S/C15H34N2O/c1-5-14(6-2)12-17(8-4)11-9-10-15(18,7-3)13-16/h14,18H,5-13,16H2,1-4H3. The zero-order valence-corrected chi connectivity index (χ0v) is 12.9. The van der Waals surface area contributed by atoms with Crippen LogP contribution in [0.2, 0.25) is 0 Å². The Morgan fingerprint density at radius 1 is 1.17 bits per heavy atom. The van der Waals surface area contributed by atoms with Crippen LogP contribution in [0.5, 0.6) is 0 Å². The number of hydrogen-bond acceptors (Lipinski definition) is 3. The summed E-state index contributed by atoms with van der Waals surface area (Å²) in [7, 11) is 0. The van der Waals surface area contributed by atoms with E-state index in [0.717, 1.165) is 38.3 Å². The molecule has 3 N–H and O–H groups in total. The van der Waals surface area contributed by atoms with Crippen LogP contribution in [0.25, 0.3) is 0 Å². The van der Waals surface area contributed by atoms with E-state index >= 15 is 0 Å². The summed E-state index contributed by atoms with van der Waals surface area (Å²) in [5.74, 6) is 0.810. The fraction of sp³-hybridized carbons (Fsp3) is 1.00. The molecule has 0 amide bonds. The fourth-order valence-corrected chi connectivity index (χ4v) is 2.35. The van der Waals surface area contributed by atoms with E-state index in [1.807, 2.05) is 6.92 Å². The van der Waals surface area contributed by atoms with Crippen molar-refractivity contribution < 1.29 is 5.11 Å². The van der Waals surface area contributed by atoms with Crippen LogP contribution in [0, 0.1) is 5.92 Å². The minimum absolute atomic E-state index is 0.377. The third kappa shape index (κ3) is 6.72. The Labute approximate surface area is 114 Å². The molecule has 0 saturated heterocycles. The Kier molecular flexibility index (Phi) is 9.70. The summed E-state index contributed by atoms with van der Waals surface area (Å²) in [6.07, 6.45) is 5.13. The molecule has 110 valence electrons. The van der Waals surface area contributed by atoms with Crippen molar-refractivity contribution in [2.45, 2.75) is 65.4 Å². The van der Waals surface area contributed by atoms with Gasteiger partial charge < -0.3 is 15.7 Å². The molecule has 0 aliphatic carbocycles. The first-order chi connectivity index (χ1) is 8.55. The average molecular weight is 258 g/mol. The molecule has 1 unspecified atom stereocenters. The molecule has 18 heavy (non-hydrogen) atoms. The Bertz CT molecular complexity index is 189. The monoisotopic (exact) mass is 258 g/mol. The molecule has 0 bridgehead atoms. The molecular formula is C15H34N2O. The van der Waals surface area contributed by atoms with Crippen molar-refractivity contribution in [3.05, 3.63) is 0 Å². The van der Waals surface area contributed by atoms with E-state index in [1.54, 1.807) is 0 Å². The van der Waals surface area contributed by atoms with Gasteiger partial charge in [0.15, 0.2) is 0 Å². The molecule has 0 aliphatic rings. The third-order valence-electron chi connectivity index (χ3n) is 4.27. The van der Waals surface area contributed by atoms with E-state index in [1.165, 1.54) is 19.4 Å². The first-order valence-corrected chi connectivity index (χ1v) is 7.69. The summed E-state index contributed by atoms with van der Waals surface area (Å²) in [4.78, 5) is 2.50. The SMILES string of the molecule is CCC(CC)CN(CC)CCCC(O)(CC)CN. The highest BCUT2D eigenvalue weighted by Gasteiger charge is 2.22. The quantitative estimate of drug-likeness (QED) is 0.599. The highest BCUT2D eigenvalue weighted by Crippen LogP contribution is 2.17. The highest BCUT2D eigenvalue weighted by molar-refractivity contribution is 4.78. The van der Waals surface area contributed by atoms with Crippen LogP contribution in [-0.4, -0.2) is 41.8 Å². The molecule has 0 aromatic rings. The van der Waals surface area contributed by atoms with Gasteiger partial charge in [0.25, 0.3) is 0 Å². The van der Waals surface area contributed by atoms with Crippen molar-refractivity contribution in [2.24, 2.45) is 11.7 Å². The van der Waals surface area contributed by atoms with Crippen molar-refractivity contribution in [3.8, 4) is 0 Å². The van der Waals surface area contributed by atoms with Gasteiger partial charge in [0.1, 0.15) is 0 Å². The second-order valence-corrected chi connectivity index (χ2v) is 5.46. The highest BCUT2D eigenvalue weighted by atomic mass is 16.3. The first-order valence-electron chi connectivity index (χ1n) is 7.69. The molecule has 0 saturated carbocycles. The number of nitrogens with zero attached hydrogens (tertiary/aromatic N) is 1. The van der Waals surface area contributed by atoms with Gasteiger partial charge in [0.05, 0.1) is 5.60 Å². The van der Waals surface area contributed by atoms with E-state index in [2.05, 4.69) is 25.7 Å². The molecule has 1 atom stereocenters. The van der Waals surface area contributed by atoms with Crippen LogP contribution in [-0.2, 0) is 0 Å². The normalized spacial score (nSPS) is 15.3. The number of nitrogens with two attached hydrogens (primary N) is 1. The summed E-state index contributed by atoms with van der Waals surface area (Å²) in [6, 6.07) is 0. The minimum atomic E-state index is -0.645. The van der Waals surface area contributed by atoms with E-state index in [4.69, 9.17) is 5.73 Å². The summed E-state index contributed by atoms with van der Waals surface area (Å²) in [6.45, 7) is 12.5. The summed E-state index contributed by atoms with van der Waals surface area (Å²) in [5.41, 5.74) is 4.98. The molecule has 0 aromatic carbocycles. The average Bonchev–Trinajstić information content (AvgIpc) is 2.42. The van der Waals surface area contributed by atoms with Gasteiger partial charge in [-0.25, -0.2) is 0 Å². The van der Waals surface area contributed by atoms with Crippen molar-refractivity contribution in [1.29, 1.82) is 0 Å². The molecule has 0 aliphatic heterocycles. The molecular weight excluding hydrogens is 224 g/mol. The molecule has 0 heterocycles. The maximum absolute atomic E-state index is 10.1. The van der Waals surface area contributed by atoms with Crippen LogP contribution in [0.1, 0.15) is 59.8 Å². The summed E-state index contributed by atoms with van der Waals surface area (Å²) >= 11 is 0. The van der Waals surface area contributed by atoms with E-state index in [0.29, 0.717) is 6.54 Å². The largest absolute Gasteiger partial charge is 0.389 e. The van der Waals surface area contributed by atoms with Gasteiger partial charge in [-0.3, -0.25) is 0 Å². The summed E-state index contributed by atoms with van der Waals surface area (Å²) in [5, 5.41) is 10.1. The van der Waals surface area contributed by atoms with E-state index < -0.39 is 5.60 Å². The third-order valence-corrected chi connectivity index (χ3v) is 4.27. The molecule has 0 rings (SSSR count). The van der Waals surface area contributed by atoms with E-state index in [-0.39, 0.29) is 0 Å². The Hall–Kier alpha value is -0.120. The van der Waals surface area contributed by atoms with Gasteiger partial charge in [0, 0.05) is 13.1 Å². The molecule has 0 aromatic heterocycles. The predicted octanol–water partition coefficient (Wildman–Crippen LogP) is 2.62. The number of rotatable bonds is 11. The van der Waals surface area contributed by atoms with Gasteiger partial charge in [-0.15, -0.1) is 0 Å². The van der Waals surface area contributed by atoms with Crippen LogP contribution < -0.4 is 5.73 Å². The Balaban J connectivity index is 4.00. The van der Waals surface area contributed by atoms with Crippen molar-refractivity contribution in [2.75, 3.05) is 26.2 Å². The lowest BCUT2D eigenvalue weighted by Gasteiger charge is -2.28. The van der Waals surface area contributed by atoms with Crippen molar-refractivity contribution >= 4 is 0 Å². The molecule has 0 spiro atoms. The van der Waals surface area contributed by atoms with Crippen LogP contribution in [0.4, 0.5) is 0 Å². The summed E-state index contributed by atoms with van der Waals surface area (Å²) < 4.78 is 0. The predicted molar refractivity (Wildman–Crippen MR) is 79.7 cm³/mol. The van der Waals surface area contributed by atoms with Gasteiger partial charge in [-0.1, -0.05) is 40.5 Å². The second kappa shape index (κ2) is 9.76. The zero-order valence-electron chi connectivity index (χ0n) is 12.9. The lowest BCUT2D eigenvalue weighted by molar-refractivity contribution is 0.0313. The smallest absolute Gasteiger partial charge is 0.0767 e. The maximum Gasteiger partial charge on any atom is 0.0767 e. The molecule has 0 radical (unpaired) electrons. The lowest BCUT2D eigenvalue weighted by Crippen LogP contribution is -2.38.